The van der Waals surface area contributed by atoms with E-state index in [0.717, 1.165) is 12.1 Å². The smallest absolute Gasteiger partial charge is 0.362 e. The van der Waals surface area contributed by atoms with Crippen LogP contribution in [0.1, 0.15) is 25.2 Å². The van der Waals surface area contributed by atoms with E-state index in [4.69, 9.17) is 4.74 Å². The van der Waals surface area contributed by atoms with Crippen molar-refractivity contribution in [2.75, 3.05) is 6.61 Å². The molecular weight excluding hydrogens is 346 g/mol. The van der Waals surface area contributed by atoms with E-state index in [0.29, 0.717) is 12.2 Å². The van der Waals surface area contributed by atoms with E-state index >= 15 is 0 Å². The molecule has 0 aliphatic heterocycles. The van der Waals surface area contributed by atoms with Crippen molar-refractivity contribution in [1.82, 2.24) is 9.78 Å². The zero-order chi connectivity index (χ0) is 19.3. The number of carbonyl (C=O) groups excluding carboxylic acids is 1. The molecule has 0 unspecified atom stereocenters. The Morgan fingerprint density at radius 3 is 2.54 bits per heavy atom. The number of aromatic nitrogens is 2. The number of aryl methyl sites for hydroxylation is 2. The van der Waals surface area contributed by atoms with Gasteiger partial charge in [0.25, 0.3) is 0 Å². The number of nitrogens with zero attached hydrogens (tertiary/aromatic N) is 4. The summed E-state index contributed by atoms with van der Waals surface area (Å²) in [5.74, 6) is -3.44. The Kier molecular flexibility index (Phi) is 6.16. The van der Waals surface area contributed by atoms with Gasteiger partial charge in [-0.05, 0) is 39.0 Å². The molecule has 7 nitrogen and oxygen atoms in total. The number of rotatable bonds is 6. The van der Waals surface area contributed by atoms with Gasteiger partial charge in [-0.1, -0.05) is 6.07 Å². The molecular formula is C17H18F2N4O3. The lowest BCUT2D eigenvalue weighted by atomic mass is 10.2. The SMILES string of the molecule is CCOC(=O)/C(N=Nc1c(F)cccc1F)=C(\O)c1cc(C)nn1CC. The van der Waals surface area contributed by atoms with Crippen LogP contribution in [0.5, 0.6) is 0 Å². The van der Waals surface area contributed by atoms with Gasteiger partial charge in [0, 0.05) is 6.54 Å². The van der Waals surface area contributed by atoms with Gasteiger partial charge in [0.2, 0.25) is 5.70 Å². The monoisotopic (exact) mass is 364 g/mol. The molecule has 138 valence electrons. The van der Waals surface area contributed by atoms with Crippen LogP contribution in [0.25, 0.3) is 5.76 Å². The lowest BCUT2D eigenvalue weighted by Crippen LogP contribution is -2.10. The number of hydrogen-bond acceptors (Lipinski definition) is 6. The summed E-state index contributed by atoms with van der Waals surface area (Å²) in [7, 11) is 0. The van der Waals surface area contributed by atoms with Gasteiger partial charge >= 0.3 is 5.97 Å². The molecule has 0 fully saturated rings. The summed E-state index contributed by atoms with van der Waals surface area (Å²) in [5, 5.41) is 21.7. The van der Waals surface area contributed by atoms with E-state index < -0.39 is 34.7 Å². The van der Waals surface area contributed by atoms with Crippen molar-refractivity contribution in [2.24, 2.45) is 10.2 Å². The third-order valence-corrected chi connectivity index (χ3v) is 3.32. The highest BCUT2D eigenvalue weighted by molar-refractivity contribution is 5.95. The van der Waals surface area contributed by atoms with Gasteiger partial charge in [0.05, 0.1) is 12.3 Å². The average Bonchev–Trinajstić information content (AvgIpc) is 2.98. The van der Waals surface area contributed by atoms with Gasteiger partial charge in [-0.25, -0.2) is 13.6 Å². The number of ether oxygens (including phenoxy) is 1. The fourth-order valence-electron chi connectivity index (χ4n) is 2.17. The van der Waals surface area contributed by atoms with E-state index in [-0.39, 0.29) is 12.3 Å². The maximum Gasteiger partial charge on any atom is 0.362 e. The first kappa shape index (κ1) is 19.2. The van der Waals surface area contributed by atoms with Crippen LogP contribution < -0.4 is 0 Å². The quantitative estimate of drug-likeness (QED) is 0.362. The van der Waals surface area contributed by atoms with Crippen LogP contribution in [0.4, 0.5) is 14.5 Å². The maximum atomic E-state index is 13.7. The number of azo groups is 1. The largest absolute Gasteiger partial charge is 0.504 e. The lowest BCUT2D eigenvalue weighted by molar-refractivity contribution is -0.138. The number of aliphatic hydroxyl groups excluding tert-OH is 1. The normalized spacial score (nSPS) is 12.3. The predicted molar refractivity (Wildman–Crippen MR) is 89.7 cm³/mol. The highest BCUT2D eigenvalue weighted by Crippen LogP contribution is 2.25. The summed E-state index contributed by atoms with van der Waals surface area (Å²) >= 11 is 0. The Balaban J connectivity index is 2.56. The van der Waals surface area contributed by atoms with E-state index in [2.05, 4.69) is 15.3 Å². The Morgan fingerprint density at radius 1 is 1.31 bits per heavy atom. The van der Waals surface area contributed by atoms with Crippen LogP contribution in [0, 0.1) is 18.6 Å². The molecule has 0 amide bonds. The number of carbonyl (C=O) groups is 1. The number of hydrogen-bond donors (Lipinski definition) is 1. The molecule has 2 rings (SSSR count). The highest BCUT2D eigenvalue weighted by atomic mass is 19.1. The van der Waals surface area contributed by atoms with Gasteiger partial charge in [0.1, 0.15) is 5.69 Å². The van der Waals surface area contributed by atoms with Crippen LogP contribution in [0.2, 0.25) is 0 Å². The van der Waals surface area contributed by atoms with Crippen LogP contribution in [-0.2, 0) is 16.1 Å². The Labute approximate surface area is 148 Å². The second-order valence-corrected chi connectivity index (χ2v) is 5.17. The number of aliphatic hydroxyl groups is 1. The molecule has 0 aliphatic rings. The minimum Gasteiger partial charge on any atom is -0.504 e. The van der Waals surface area contributed by atoms with E-state index in [9.17, 15) is 18.7 Å². The topological polar surface area (TPSA) is 89.1 Å². The second-order valence-electron chi connectivity index (χ2n) is 5.17. The number of benzene rings is 1. The summed E-state index contributed by atoms with van der Waals surface area (Å²) in [6.45, 7) is 5.51. The molecule has 0 atom stereocenters. The zero-order valence-corrected chi connectivity index (χ0v) is 14.5. The van der Waals surface area contributed by atoms with E-state index in [1.165, 1.54) is 16.8 Å². The summed E-state index contributed by atoms with van der Waals surface area (Å²) < 4.78 is 33.7. The maximum absolute atomic E-state index is 13.7. The van der Waals surface area contributed by atoms with Crippen LogP contribution in [-0.4, -0.2) is 27.5 Å². The number of halogens is 2. The molecule has 1 heterocycles. The van der Waals surface area contributed by atoms with E-state index in [1.807, 2.05) is 0 Å². The molecule has 0 saturated heterocycles. The van der Waals surface area contributed by atoms with E-state index in [1.54, 1.807) is 20.8 Å². The molecule has 0 saturated carbocycles. The van der Waals surface area contributed by atoms with Crippen LogP contribution in [0.3, 0.4) is 0 Å². The first-order chi connectivity index (χ1) is 12.4. The molecule has 0 spiro atoms. The molecule has 0 bridgehead atoms. The fraction of sp³-hybridized carbons (Fsp3) is 0.294. The summed E-state index contributed by atoms with van der Waals surface area (Å²) in [6, 6.07) is 4.71. The van der Waals surface area contributed by atoms with Crippen molar-refractivity contribution in [3.8, 4) is 0 Å². The third kappa shape index (κ3) is 4.11. The van der Waals surface area contributed by atoms with Crippen molar-refractivity contribution < 1.29 is 23.4 Å². The summed E-state index contributed by atoms with van der Waals surface area (Å²) in [6.07, 6.45) is 0. The van der Waals surface area contributed by atoms with Gasteiger partial charge < -0.3 is 9.84 Å². The van der Waals surface area contributed by atoms with Crippen molar-refractivity contribution >= 4 is 17.4 Å². The molecule has 1 aromatic carbocycles. The minimum atomic E-state index is -0.980. The first-order valence-electron chi connectivity index (χ1n) is 7.89. The van der Waals surface area contributed by atoms with Crippen LogP contribution in [0.15, 0.2) is 40.2 Å². The van der Waals surface area contributed by atoms with Crippen molar-refractivity contribution in [1.29, 1.82) is 0 Å². The second kappa shape index (κ2) is 8.32. The third-order valence-electron chi connectivity index (χ3n) is 3.32. The molecule has 0 radical (unpaired) electrons. The number of esters is 1. The van der Waals surface area contributed by atoms with Crippen molar-refractivity contribution in [2.45, 2.75) is 27.3 Å². The Morgan fingerprint density at radius 2 is 1.96 bits per heavy atom. The molecule has 9 heteroatoms. The van der Waals surface area contributed by atoms with Gasteiger partial charge in [-0.3, -0.25) is 4.68 Å². The molecule has 1 aromatic heterocycles. The Bertz CT molecular complexity index is 855. The van der Waals surface area contributed by atoms with Gasteiger partial charge in [-0.2, -0.15) is 5.10 Å². The molecule has 26 heavy (non-hydrogen) atoms. The predicted octanol–water partition coefficient (Wildman–Crippen LogP) is 4.06. The molecule has 2 aromatic rings. The summed E-state index contributed by atoms with van der Waals surface area (Å²) in [5.41, 5.74) is -0.443. The fourth-order valence-corrected chi connectivity index (χ4v) is 2.17. The van der Waals surface area contributed by atoms with Crippen molar-refractivity contribution in [3.63, 3.8) is 0 Å². The average molecular weight is 364 g/mol. The molecule has 1 N–H and O–H groups in total. The van der Waals surface area contributed by atoms with Gasteiger partial charge in [0.15, 0.2) is 23.1 Å². The highest BCUT2D eigenvalue weighted by Gasteiger charge is 2.22. The molecule has 0 aliphatic carbocycles. The lowest BCUT2D eigenvalue weighted by Gasteiger charge is -2.07. The van der Waals surface area contributed by atoms with Crippen LogP contribution >= 0.6 is 0 Å². The standard InChI is InChI=1S/C17H18F2N4O3/c1-4-23-13(9-10(3)22-23)16(24)15(17(25)26-5-2)21-20-14-11(18)7-6-8-12(14)19/h6-9,24H,4-5H2,1-3H3/b16-15+,21-20?. The minimum absolute atomic E-state index is 0.0191. The van der Waals surface area contributed by atoms with Crippen molar-refractivity contribution in [3.05, 3.63) is 53.0 Å². The first-order valence-corrected chi connectivity index (χ1v) is 7.89. The Hall–Kier alpha value is -3.10. The van der Waals surface area contributed by atoms with Gasteiger partial charge in [-0.15, -0.1) is 10.2 Å². The zero-order valence-electron chi connectivity index (χ0n) is 14.5. The summed E-state index contributed by atoms with van der Waals surface area (Å²) in [4.78, 5) is 12.1.